The SMILES string of the molecule is CCCCCCCCCCCCCSc1cc(C)c(O)c(SCCCCCCCCCCCCC)c1. The van der Waals surface area contributed by atoms with Crippen molar-refractivity contribution >= 4 is 23.5 Å². The number of hydrogen-bond acceptors (Lipinski definition) is 3. The van der Waals surface area contributed by atoms with Gasteiger partial charge in [-0.15, -0.1) is 23.5 Å². The molecule has 1 aromatic carbocycles. The summed E-state index contributed by atoms with van der Waals surface area (Å²) in [6.07, 6.45) is 30.7. The van der Waals surface area contributed by atoms with Crippen LogP contribution in [0.3, 0.4) is 0 Å². The van der Waals surface area contributed by atoms with Gasteiger partial charge in [-0.2, -0.15) is 0 Å². The molecule has 0 unspecified atom stereocenters. The van der Waals surface area contributed by atoms with Gasteiger partial charge < -0.3 is 5.11 Å². The number of rotatable bonds is 26. The standard InChI is InChI=1S/C33H60OS2/c1-4-6-8-10-12-14-16-18-20-22-24-26-35-31-28-30(3)33(34)32(29-31)36-27-25-23-21-19-17-15-13-11-9-7-5-2/h28-29,34H,4-27H2,1-3H3. The van der Waals surface area contributed by atoms with Crippen LogP contribution in [-0.2, 0) is 0 Å². The lowest BCUT2D eigenvalue weighted by Crippen LogP contribution is -1.88. The number of aromatic hydroxyl groups is 1. The molecule has 210 valence electrons. The first kappa shape index (κ1) is 33.7. The van der Waals surface area contributed by atoms with Crippen molar-refractivity contribution in [2.24, 2.45) is 0 Å². The van der Waals surface area contributed by atoms with E-state index in [9.17, 15) is 5.11 Å². The van der Waals surface area contributed by atoms with E-state index in [1.165, 1.54) is 152 Å². The number of hydrogen-bond donors (Lipinski definition) is 1. The number of benzene rings is 1. The zero-order valence-corrected chi connectivity index (χ0v) is 26.0. The summed E-state index contributed by atoms with van der Waals surface area (Å²) in [5, 5.41) is 10.5. The van der Waals surface area contributed by atoms with E-state index in [0.717, 1.165) is 16.2 Å². The fourth-order valence-corrected chi connectivity index (χ4v) is 7.01. The van der Waals surface area contributed by atoms with Crippen molar-refractivity contribution in [3.63, 3.8) is 0 Å². The highest BCUT2D eigenvalue weighted by atomic mass is 32.2. The third kappa shape index (κ3) is 18.9. The molecule has 1 nitrogen and oxygen atoms in total. The lowest BCUT2D eigenvalue weighted by Gasteiger charge is -2.11. The molecule has 0 heterocycles. The summed E-state index contributed by atoms with van der Waals surface area (Å²) in [5.74, 6) is 2.82. The van der Waals surface area contributed by atoms with Crippen molar-refractivity contribution in [2.45, 2.75) is 172 Å². The van der Waals surface area contributed by atoms with Gasteiger partial charge in [-0.05, 0) is 49.0 Å². The van der Waals surface area contributed by atoms with Crippen LogP contribution in [0.4, 0.5) is 0 Å². The Morgan fingerprint density at radius 2 is 0.861 bits per heavy atom. The number of aryl methyl sites for hydroxylation is 1. The predicted octanol–water partition coefficient (Wildman–Crippen LogP) is 12.5. The number of phenols is 1. The zero-order valence-electron chi connectivity index (χ0n) is 24.4. The van der Waals surface area contributed by atoms with Crippen molar-refractivity contribution in [2.75, 3.05) is 11.5 Å². The van der Waals surface area contributed by atoms with E-state index in [1.54, 1.807) is 0 Å². The molecule has 0 aliphatic heterocycles. The van der Waals surface area contributed by atoms with Gasteiger partial charge in [0.1, 0.15) is 5.75 Å². The van der Waals surface area contributed by atoms with E-state index in [0.29, 0.717) is 5.75 Å². The topological polar surface area (TPSA) is 20.2 Å². The van der Waals surface area contributed by atoms with Crippen molar-refractivity contribution in [3.05, 3.63) is 17.7 Å². The molecule has 1 N–H and O–H groups in total. The molecule has 0 amide bonds. The summed E-state index contributed by atoms with van der Waals surface area (Å²) in [6, 6.07) is 4.40. The third-order valence-electron chi connectivity index (χ3n) is 7.26. The molecule has 1 rings (SSSR count). The van der Waals surface area contributed by atoms with E-state index in [4.69, 9.17) is 0 Å². The van der Waals surface area contributed by atoms with Crippen LogP contribution < -0.4 is 0 Å². The first-order valence-corrected chi connectivity index (χ1v) is 17.7. The minimum Gasteiger partial charge on any atom is -0.507 e. The second-order valence-corrected chi connectivity index (χ2v) is 13.2. The van der Waals surface area contributed by atoms with Crippen LogP contribution in [0.5, 0.6) is 5.75 Å². The Bertz CT molecular complexity index is 616. The van der Waals surface area contributed by atoms with Crippen LogP contribution in [0.1, 0.15) is 161 Å². The number of thioether (sulfide) groups is 2. The van der Waals surface area contributed by atoms with Crippen molar-refractivity contribution in [3.8, 4) is 5.75 Å². The van der Waals surface area contributed by atoms with Gasteiger partial charge in [0.05, 0.1) is 4.90 Å². The third-order valence-corrected chi connectivity index (χ3v) is 9.44. The molecule has 0 aliphatic carbocycles. The molecule has 0 atom stereocenters. The molecule has 0 fully saturated rings. The minimum atomic E-state index is 0.502. The molecule has 0 aromatic heterocycles. The van der Waals surface area contributed by atoms with Gasteiger partial charge in [0.25, 0.3) is 0 Å². The second-order valence-electron chi connectivity index (χ2n) is 10.9. The molecule has 3 heteroatoms. The van der Waals surface area contributed by atoms with E-state index in [-0.39, 0.29) is 0 Å². The van der Waals surface area contributed by atoms with Gasteiger partial charge in [-0.3, -0.25) is 0 Å². The minimum absolute atomic E-state index is 0.502. The lowest BCUT2D eigenvalue weighted by atomic mass is 10.1. The fraction of sp³-hybridized carbons (Fsp3) is 0.818. The van der Waals surface area contributed by atoms with E-state index < -0.39 is 0 Å². The molecule has 0 aliphatic rings. The highest BCUT2D eigenvalue weighted by Crippen LogP contribution is 2.36. The Kier molecular flexibility index (Phi) is 23.5. The largest absolute Gasteiger partial charge is 0.507 e. The molecule has 0 saturated carbocycles. The van der Waals surface area contributed by atoms with Gasteiger partial charge >= 0.3 is 0 Å². The Morgan fingerprint density at radius 1 is 0.500 bits per heavy atom. The summed E-state index contributed by atoms with van der Waals surface area (Å²) >= 11 is 3.83. The van der Waals surface area contributed by atoms with E-state index in [2.05, 4.69) is 26.0 Å². The summed E-state index contributed by atoms with van der Waals surface area (Å²) < 4.78 is 0. The Morgan fingerprint density at radius 3 is 1.28 bits per heavy atom. The number of unbranched alkanes of at least 4 members (excludes halogenated alkanes) is 20. The quantitative estimate of drug-likeness (QED) is 0.0938. The van der Waals surface area contributed by atoms with Gasteiger partial charge in [-0.1, -0.05) is 142 Å². The summed E-state index contributed by atoms with van der Waals surface area (Å²) in [5.41, 5.74) is 1.03. The molecular formula is C33H60OS2. The van der Waals surface area contributed by atoms with Crippen molar-refractivity contribution < 1.29 is 5.11 Å². The first-order chi connectivity index (χ1) is 17.7. The Hall–Kier alpha value is -0.280. The maximum Gasteiger partial charge on any atom is 0.132 e. The second kappa shape index (κ2) is 25.0. The average Bonchev–Trinajstić information content (AvgIpc) is 2.88. The lowest BCUT2D eigenvalue weighted by molar-refractivity contribution is 0.457. The molecule has 0 spiro atoms. The number of phenolic OH excluding ortho intramolecular Hbond substituents is 1. The normalized spacial score (nSPS) is 11.4. The monoisotopic (exact) mass is 536 g/mol. The molecule has 0 radical (unpaired) electrons. The van der Waals surface area contributed by atoms with Gasteiger partial charge in [-0.25, -0.2) is 0 Å². The molecular weight excluding hydrogens is 476 g/mol. The maximum absolute atomic E-state index is 10.5. The smallest absolute Gasteiger partial charge is 0.132 e. The van der Waals surface area contributed by atoms with E-state index in [1.807, 2.05) is 30.4 Å². The summed E-state index contributed by atoms with van der Waals surface area (Å²) in [4.78, 5) is 2.42. The Balaban J connectivity index is 2.08. The summed E-state index contributed by atoms with van der Waals surface area (Å²) in [6.45, 7) is 6.63. The highest BCUT2D eigenvalue weighted by Gasteiger charge is 2.08. The molecule has 1 aromatic rings. The van der Waals surface area contributed by atoms with Crippen LogP contribution >= 0.6 is 23.5 Å². The average molecular weight is 537 g/mol. The van der Waals surface area contributed by atoms with Gasteiger partial charge in [0.2, 0.25) is 0 Å². The first-order valence-electron chi connectivity index (χ1n) is 15.8. The molecule has 0 bridgehead atoms. The van der Waals surface area contributed by atoms with Crippen LogP contribution in [-0.4, -0.2) is 16.6 Å². The van der Waals surface area contributed by atoms with Crippen LogP contribution in [0, 0.1) is 6.92 Å². The van der Waals surface area contributed by atoms with Crippen LogP contribution in [0.2, 0.25) is 0 Å². The molecule has 0 saturated heterocycles. The highest BCUT2D eigenvalue weighted by molar-refractivity contribution is 8.00. The van der Waals surface area contributed by atoms with Crippen LogP contribution in [0.15, 0.2) is 21.9 Å². The zero-order chi connectivity index (χ0) is 26.1. The summed E-state index contributed by atoms with van der Waals surface area (Å²) in [7, 11) is 0. The van der Waals surface area contributed by atoms with Crippen molar-refractivity contribution in [1.82, 2.24) is 0 Å². The maximum atomic E-state index is 10.5. The van der Waals surface area contributed by atoms with Gasteiger partial charge in [0.15, 0.2) is 0 Å². The van der Waals surface area contributed by atoms with Gasteiger partial charge in [0, 0.05) is 4.90 Å². The molecule has 36 heavy (non-hydrogen) atoms. The Labute approximate surface area is 234 Å². The predicted molar refractivity (Wildman–Crippen MR) is 167 cm³/mol. The van der Waals surface area contributed by atoms with E-state index >= 15 is 0 Å². The van der Waals surface area contributed by atoms with Crippen LogP contribution in [0.25, 0.3) is 0 Å². The fourth-order valence-electron chi connectivity index (χ4n) is 4.81. The van der Waals surface area contributed by atoms with Crippen molar-refractivity contribution in [1.29, 1.82) is 0 Å².